The first-order valence-electron chi connectivity index (χ1n) is 15.0. The number of carboxylic acid groups (broad SMARTS) is 1. The number of aromatic carboxylic acids is 1. The van der Waals surface area contributed by atoms with Crippen molar-refractivity contribution in [3.63, 3.8) is 0 Å². The lowest BCUT2D eigenvalue weighted by atomic mass is 9.87. The van der Waals surface area contributed by atoms with Crippen LogP contribution in [0.2, 0.25) is 5.02 Å². The molecule has 2 N–H and O–H groups in total. The van der Waals surface area contributed by atoms with Crippen LogP contribution in [0.4, 0.5) is 0 Å². The van der Waals surface area contributed by atoms with Crippen LogP contribution in [0.3, 0.4) is 0 Å². The first-order chi connectivity index (χ1) is 21.7. The molecule has 0 aliphatic carbocycles. The minimum absolute atomic E-state index is 0.0218. The Bertz CT molecular complexity index is 1740. The van der Waals surface area contributed by atoms with E-state index in [1.807, 2.05) is 60.7 Å². The molecule has 1 aromatic heterocycles. The summed E-state index contributed by atoms with van der Waals surface area (Å²) in [6, 6.07) is 29.5. The first-order valence-corrected chi connectivity index (χ1v) is 15.4. The second kappa shape index (κ2) is 14.4. The lowest BCUT2D eigenvalue weighted by molar-refractivity contribution is 0.0697. The van der Waals surface area contributed by atoms with Gasteiger partial charge in [-0.2, -0.15) is 5.21 Å². The fraction of sp³-hybridized carbons (Fsp3) is 0.243. The van der Waals surface area contributed by atoms with E-state index in [0.29, 0.717) is 17.5 Å². The number of carbonyl (C=O) groups is 1. The Labute approximate surface area is 268 Å². The van der Waals surface area contributed by atoms with Gasteiger partial charge in [-0.3, -0.25) is 0 Å². The molecule has 0 bridgehead atoms. The van der Waals surface area contributed by atoms with Gasteiger partial charge in [-0.05, 0) is 76.8 Å². The van der Waals surface area contributed by atoms with Gasteiger partial charge in [0, 0.05) is 21.7 Å². The lowest BCUT2D eigenvalue weighted by Gasteiger charge is -2.20. The first kappa shape index (κ1) is 31.7. The van der Waals surface area contributed by atoms with Gasteiger partial charge in [-0.15, -0.1) is 10.2 Å². The third-order valence-corrected chi connectivity index (χ3v) is 8.18. The van der Waals surface area contributed by atoms with Gasteiger partial charge in [0.15, 0.2) is 0 Å². The second-order valence-electron chi connectivity index (χ2n) is 12.2. The highest BCUT2D eigenvalue weighted by atomic mass is 35.5. The molecule has 4 aromatic carbocycles. The second-order valence-corrected chi connectivity index (χ2v) is 12.6. The number of H-pyrrole nitrogens is 1. The minimum Gasteiger partial charge on any atom is -0.488 e. The molecule has 230 valence electrons. The Morgan fingerprint density at radius 2 is 1.71 bits per heavy atom. The van der Waals surface area contributed by atoms with Crippen molar-refractivity contribution < 1.29 is 14.6 Å². The van der Waals surface area contributed by atoms with Crippen molar-refractivity contribution >= 4 is 23.6 Å². The highest BCUT2D eigenvalue weighted by molar-refractivity contribution is 6.31. The highest BCUT2D eigenvalue weighted by Crippen LogP contribution is 2.29. The number of para-hydroxylation sites is 1. The maximum Gasteiger partial charge on any atom is 0.335 e. The summed E-state index contributed by atoms with van der Waals surface area (Å²) in [5, 5.41) is 24.2. The molecule has 0 amide bonds. The van der Waals surface area contributed by atoms with Crippen LogP contribution in [0.15, 0.2) is 97.1 Å². The van der Waals surface area contributed by atoms with Gasteiger partial charge in [-0.1, -0.05) is 111 Å². The van der Waals surface area contributed by atoms with Gasteiger partial charge >= 0.3 is 5.97 Å². The average molecular weight is 621 g/mol. The fourth-order valence-electron chi connectivity index (χ4n) is 5.08. The van der Waals surface area contributed by atoms with E-state index < -0.39 is 5.97 Å². The number of aryl methyl sites for hydroxylation is 1. The summed E-state index contributed by atoms with van der Waals surface area (Å²) in [5.74, 6) is 0.624. The molecule has 0 spiro atoms. The van der Waals surface area contributed by atoms with Crippen molar-refractivity contribution in [2.75, 3.05) is 0 Å². The van der Waals surface area contributed by atoms with Crippen LogP contribution in [-0.2, 0) is 24.9 Å². The van der Waals surface area contributed by atoms with E-state index in [0.717, 1.165) is 47.3 Å². The zero-order valence-electron chi connectivity index (χ0n) is 25.7. The van der Waals surface area contributed by atoms with Crippen LogP contribution in [-0.4, -0.2) is 31.7 Å². The maximum atomic E-state index is 11.4. The number of ether oxygens (including phenoxy) is 1. The van der Waals surface area contributed by atoms with Crippen LogP contribution >= 0.6 is 11.6 Å². The van der Waals surface area contributed by atoms with Crippen molar-refractivity contribution in [1.82, 2.24) is 20.6 Å². The summed E-state index contributed by atoms with van der Waals surface area (Å²) in [7, 11) is 0. The molecule has 0 aliphatic heterocycles. The summed E-state index contributed by atoms with van der Waals surface area (Å²) >= 11 is 6.63. The van der Waals surface area contributed by atoms with Gasteiger partial charge in [-0.25, -0.2) is 4.79 Å². The molecule has 8 heteroatoms. The Morgan fingerprint density at radius 1 is 0.978 bits per heavy atom. The van der Waals surface area contributed by atoms with E-state index in [9.17, 15) is 9.90 Å². The quantitative estimate of drug-likeness (QED) is 0.145. The molecule has 1 unspecified atom stereocenters. The molecule has 0 aliphatic rings. The number of aromatic nitrogens is 4. The van der Waals surface area contributed by atoms with Crippen molar-refractivity contribution in [1.29, 1.82) is 0 Å². The molecule has 5 aromatic rings. The van der Waals surface area contributed by atoms with Gasteiger partial charge in [0.05, 0.1) is 5.56 Å². The van der Waals surface area contributed by atoms with E-state index in [1.54, 1.807) is 12.1 Å². The van der Waals surface area contributed by atoms with Crippen LogP contribution in [0, 0.1) is 5.92 Å². The van der Waals surface area contributed by atoms with Crippen LogP contribution in [0.1, 0.15) is 65.4 Å². The molecular weight excluding hydrogens is 584 g/mol. The Balaban J connectivity index is 1.31. The number of tetrazole rings is 1. The third kappa shape index (κ3) is 8.67. The molecule has 0 radical (unpaired) electrons. The maximum absolute atomic E-state index is 11.4. The summed E-state index contributed by atoms with van der Waals surface area (Å²) in [4.78, 5) is 11.4. The number of benzene rings is 4. The van der Waals surface area contributed by atoms with Crippen LogP contribution < -0.4 is 4.74 Å². The number of hydrogen-bond acceptors (Lipinski definition) is 5. The van der Waals surface area contributed by atoms with Gasteiger partial charge in [0.25, 0.3) is 0 Å². The van der Waals surface area contributed by atoms with E-state index in [-0.39, 0.29) is 16.9 Å². The van der Waals surface area contributed by atoms with E-state index in [4.69, 9.17) is 16.3 Å². The summed E-state index contributed by atoms with van der Waals surface area (Å²) in [6.07, 6.45) is 6.89. The highest BCUT2D eigenvalue weighted by Gasteiger charge is 2.16. The molecule has 45 heavy (non-hydrogen) atoms. The third-order valence-electron chi connectivity index (χ3n) is 7.83. The Hall–Kier alpha value is -4.75. The number of nitrogens with one attached hydrogen (secondary N) is 1. The van der Waals surface area contributed by atoms with Crippen molar-refractivity contribution in [2.45, 2.75) is 52.1 Å². The van der Waals surface area contributed by atoms with Crippen molar-refractivity contribution in [3.05, 3.63) is 135 Å². The predicted molar refractivity (Wildman–Crippen MR) is 178 cm³/mol. The minimum atomic E-state index is -0.926. The average Bonchev–Trinajstić information content (AvgIpc) is 3.57. The summed E-state index contributed by atoms with van der Waals surface area (Å²) < 4.78 is 6.28. The van der Waals surface area contributed by atoms with E-state index in [2.05, 4.69) is 71.7 Å². The standard InChI is InChI=1S/C37H37ClN4O3/c1-37(2,3)32-21-20-31(33(38)23-32)24-45-34-7-5-4-6-28(34)15-12-26(22-27-13-18-30(19-14-27)36(43)44)9-8-25-10-16-29(17-11-25)35-39-41-42-40-35/h4-7,10-21,23,26H,8-9,22,24H2,1-3H3,(H,43,44)(H,39,40,41,42). The fourth-order valence-corrected chi connectivity index (χ4v) is 5.32. The van der Waals surface area contributed by atoms with Gasteiger partial charge in [0.2, 0.25) is 5.82 Å². The Morgan fingerprint density at radius 3 is 2.38 bits per heavy atom. The number of halogens is 1. The molecule has 1 atom stereocenters. The largest absolute Gasteiger partial charge is 0.488 e. The van der Waals surface area contributed by atoms with E-state index in [1.165, 1.54) is 11.1 Å². The molecule has 0 fully saturated rings. The number of carboxylic acids is 1. The predicted octanol–water partition coefficient (Wildman–Crippen LogP) is 8.60. The van der Waals surface area contributed by atoms with Gasteiger partial charge in [0.1, 0.15) is 12.4 Å². The number of nitrogens with zero attached hydrogens (tertiary/aromatic N) is 3. The summed E-state index contributed by atoms with van der Waals surface area (Å²) in [6.45, 7) is 6.88. The molecule has 1 heterocycles. The number of rotatable bonds is 12. The lowest BCUT2D eigenvalue weighted by Crippen LogP contribution is -2.11. The molecular formula is C37H37ClN4O3. The molecule has 0 saturated carbocycles. The molecule has 0 saturated heterocycles. The smallest absolute Gasteiger partial charge is 0.335 e. The van der Waals surface area contributed by atoms with Crippen molar-refractivity contribution in [2.24, 2.45) is 5.92 Å². The SMILES string of the molecule is CC(C)(C)c1ccc(COc2ccccc2C=CC(CCc2ccc(-c3nn[nH]n3)cc2)Cc2ccc(C(=O)O)cc2)c(Cl)c1. The molecule has 5 rings (SSSR count). The number of aromatic amines is 1. The number of hydrogen-bond donors (Lipinski definition) is 2. The summed E-state index contributed by atoms with van der Waals surface area (Å²) in [5.41, 5.74) is 6.61. The van der Waals surface area contributed by atoms with Gasteiger partial charge < -0.3 is 9.84 Å². The van der Waals surface area contributed by atoms with Crippen LogP contribution in [0.25, 0.3) is 17.5 Å². The topological polar surface area (TPSA) is 101 Å². The Kier molecular flexibility index (Phi) is 10.1. The van der Waals surface area contributed by atoms with E-state index >= 15 is 0 Å². The normalized spacial score (nSPS) is 12.4. The van der Waals surface area contributed by atoms with Crippen LogP contribution in [0.5, 0.6) is 5.75 Å². The molecule has 7 nitrogen and oxygen atoms in total. The zero-order valence-corrected chi connectivity index (χ0v) is 26.5. The van der Waals surface area contributed by atoms with Crippen molar-refractivity contribution in [3.8, 4) is 17.1 Å². The zero-order chi connectivity index (χ0) is 31.8. The number of allylic oxidation sites excluding steroid dienone is 1. The monoisotopic (exact) mass is 620 g/mol.